The van der Waals surface area contributed by atoms with Crippen molar-refractivity contribution in [3.8, 4) is 28.5 Å². The first-order valence-corrected chi connectivity index (χ1v) is 11.2. The third-order valence-corrected chi connectivity index (χ3v) is 5.63. The van der Waals surface area contributed by atoms with Gasteiger partial charge in [0.05, 0.1) is 10.6 Å². The molecule has 4 rings (SSSR count). The molecule has 1 aromatic heterocycles. The van der Waals surface area contributed by atoms with E-state index in [0.29, 0.717) is 11.4 Å². The molecule has 6 heteroatoms. The molecule has 0 aliphatic carbocycles. The first kappa shape index (κ1) is 22.7. The summed E-state index contributed by atoms with van der Waals surface area (Å²) in [6.07, 6.45) is 3.60. The Kier molecular flexibility index (Phi) is 6.95. The molecule has 0 saturated heterocycles. The van der Waals surface area contributed by atoms with Crippen molar-refractivity contribution < 1.29 is 4.92 Å². The molecule has 0 fully saturated rings. The first-order valence-electron chi connectivity index (χ1n) is 11.2. The Morgan fingerprint density at radius 3 is 2.15 bits per heavy atom. The predicted octanol–water partition coefficient (Wildman–Crippen LogP) is 7.15. The number of rotatable bonds is 8. The molecule has 0 amide bonds. The zero-order chi connectivity index (χ0) is 23.9. The minimum Gasteiger partial charge on any atom is -0.324 e. The van der Waals surface area contributed by atoms with Crippen LogP contribution in [0.1, 0.15) is 30.9 Å². The summed E-state index contributed by atoms with van der Waals surface area (Å²) >= 11 is 0. The molecule has 3 aromatic carbocycles. The molecule has 0 atom stereocenters. The van der Waals surface area contributed by atoms with Gasteiger partial charge in [0.25, 0.3) is 5.69 Å². The van der Waals surface area contributed by atoms with Crippen LogP contribution in [0.15, 0.2) is 89.9 Å². The van der Waals surface area contributed by atoms with Crippen molar-refractivity contribution in [2.24, 2.45) is 4.99 Å². The Morgan fingerprint density at radius 2 is 1.59 bits per heavy atom. The third kappa shape index (κ3) is 4.64. The van der Waals surface area contributed by atoms with Crippen molar-refractivity contribution in [1.82, 2.24) is 4.57 Å². The smallest absolute Gasteiger partial charge is 0.269 e. The first-order chi connectivity index (χ1) is 16.6. The number of nitrogens with zero attached hydrogens (tertiary/aromatic N) is 4. The summed E-state index contributed by atoms with van der Waals surface area (Å²) in [6, 6.07) is 28.6. The quantitative estimate of drug-likeness (QED) is 0.163. The highest BCUT2D eigenvalue weighted by molar-refractivity contribution is 5.92. The van der Waals surface area contributed by atoms with E-state index in [1.807, 2.05) is 48.5 Å². The van der Waals surface area contributed by atoms with E-state index in [1.165, 1.54) is 12.1 Å². The fourth-order valence-electron chi connectivity index (χ4n) is 3.98. The highest BCUT2D eigenvalue weighted by Crippen LogP contribution is 2.42. The average Bonchev–Trinajstić information content (AvgIpc) is 3.20. The maximum absolute atomic E-state index is 11.0. The van der Waals surface area contributed by atoms with Crippen molar-refractivity contribution >= 4 is 17.7 Å². The summed E-state index contributed by atoms with van der Waals surface area (Å²) in [7, 11) is 0. The van der Waals surface area contributed by atoms with Gasteiger partial charge < -0.3 is 4.57 Å². The molecule has 0 N–H and O–H groups in total. The van der Waals surface area contributed by atoms with Gasteiger partial charge in [0, 0.05) is 30.5 Å². The molecule has 34 heavy (non-hydrogen) atoms. The molecule has 0 saturated carbocycles. The van der Waals surface area contributed by atoms with Gasteiger partial charge in [-0.25, -0.2) is 4.99 Å². The van der Waals surface area contributed by atoms with E-state index in [9.17, 15) is 15.4 Å². The monoisotopic (exact) mass is 448 g/mol. The van der Waals surface area contributed by atoms with E-state index in [0.717, 1.165) is 47.3 Å². The second-order valence-electron chi connectivity index (χ2n) is 7.88. The predicted molar refractivity (Wildman–Crippen MR) is 135 cm³/mol. The summed E-state index contributed by atoms with van der Waals surface area (Å²) in [5.74, 6) is 0.590. The van der Waals surface area contributed by atoms with Crippen LogP contribution in [0.25, 0.3) is 22.4 Å². The van der Waals surface area contributed by atoms with E-state index in [2.05, 4.69) is 29.7 Å². The molecule has 0 bridgehead atoms. The van der Waals surface area contributed by atoms with Crippen LogP contribution >= 0.6 is 0 Å². The molecule has 0 unspecified atom stereocenters. The van der Waals surface area contributed by atoms with Crippen molar-refractivity contribution in [3.63, 3.8) is 0 Å². The van der Waals surface area contributed by atoms with Gasteiger partial charge in [0.15, 0.2) is 5.82 Å². The van der Waals surface area contributed by atoms with E-state index in [1.54, 1.807) is 18.3 Å². The summed E-state index contributed by atoms with van der Waals surface area (Å²) in [5, 5.41) is 21.2. The van der Waals surface area contributed by atoms with Gasteiger partial charge in [-0.2, -0.15) is 5.26 Å². The number of nitriles is 1. The minimum absolute atomic E-state index is 0.0268. The second-order valence-corrected chi connectivity index (χ2v) is 7.88. The number of benzene rings is 3. The van der Waals surface area contributed by atoms with Gasteiger partial charge in [-0.1, -0.05) is 74.0 Å². The Morgan fingerprint density at radius 1 is 0.971 bits per heavy atom. The van der Waals surface area contributed by atoms with Crippen molar-refractivity contribution in [2.45, 2.75) is 26.3 Å². The number of aromatic nitrogens is 1. The molecule has 0 aliphatic heterocycles. The van der Waals surface area contributed by atoms with Crippen molar-refractivity contribution in [3.05, 3.63) is 106 Å². The van der Waals surface area contributed by atoms with Crippen LogP contribution in [0.4, 0.5) is 11.5 Å². The Hall–Kier alpha value is -4.50. The summed E-state index contributed by atoms with van der Waals surface area (Å²) < 4.78 is 2.13. The van der Waals surface area contributed by atoms with Gasteiger partial charge in [0.2, 0.25) is 0 Å². The van der Waals surface area contributed by atoms with E-state index in [4.69, 9.17) is 4.99 Å². The van der Waals surface area contributed by atoms with Crippen molar-refractivity contribution in [1.29, 1.82) is 5.26 Å². The maximum Gasteiger partial charge on any atom is 0.269 e. The molecule has 0 spiro atoms. The lowest BCUT2D eigenvalue weighted by Gasteiger charge is -2.13. The van der Waals surface area contributed by atoms with E-state index < -0.39 is 4.92 Å². The van der Waals surface area contributed by atoms with Gasteiger partial charge in [-0.05, 0) is 35.2 Å². The van der Waals surface area contributed by atoms with Crippen LogP contribution in [0.2, 0.25) is 0 Å². The van der Waals surface area contributed by atoms with Gasteiger partial charge in [0.1, 0.15) is 11.6 Å². The Balaban J connectivity index is 1.94. The lowest BCUT2D eigenvalue weighted by Crippen LogP contribution is -2.00. The average molecular weight is 449 g/mol. The molecule has 1 heterocycles. The lowest BCUT2D eigenvalue weighted by molar-refractivity contribution is -0.384. The number of nitro groups is 1. The summed E-state index contributed by atoms with van der Waals surface area (Å²) in [5.41, 5.74) is 5.07. The zero-order valence-corrected chi connectivity index (χ0v) is 18.9. The molecule has 4 aromatic rings. The molecule has 168 valence electrons. The zero-order valence-electron chi connectivity index (χ0n) is 18.9. The number of unbranched alkanes of at least 4 members (excludes halogenated alkanes) is 1. The molecular weight excluding hydrogens is 424 g/mol. The van der Waals surface area contributed by atoms with Crippen LogP contribution in [-0.2, 0) is 6.54 Å². The summed E-state index contributed by atoms with van der Waals surface area (Å²) in [4.78, 5) is 15.3. The number of nitro benzene ring substituents is 1. The van der Waals surface area contributed by atoms with Crippen LogP contribution < -0.4 is 0 Å². The topological polar surface area (TPSA) is 84.2 Å². The SMILES string of the molecule is CCCCn1c(N=Cc2ccc([N+](=O)[O-])cc2)c(C#N)c(-c2ccccc2)c1-c1ccccc1. The van der Waals surface area contributed by atoms with E-state index >= 15 is 0 Å². The summed E-state index contributed by atoms with van der Waals surface area (Å²) in [6.45, 7) is 2.85. The highest BCUT2D eigenvalue weighted by Gasteiger charge is 2.24. The standard InChI is InChI=1S/C28H24N4O2/c1-2-3-18-31-27(23-12-8-5-9-13-23)26(22-10-6-4-7-11-22)25(19-29)28(31)30-20-21-14-16-24(17-15-21)32(33)34/h4-17,20H,2-3,18H2,1H3. The molecule has 0 radical (unpaired) electrons. The lowest BCUT2D eigenvalue weighted by atomic mass is 9.98. The number of aliphatic imine (C=N–C) groups is 1. The maximum atomic E-state index is 11.0. The van der Waals surface area contributed by atoms with Crippen LogP contribution in [0, 0.1) is 21.4 Å². The third-order valence-electron chi connectivity index (χ3n) is 5.63. The van der Waals surface area contributed by atoms with Crippen LogP contribution in [-0.4, -0.2) is 15.7 Å². The van der Waals surface area contributed by atoms with Gasteiger partial charge in [-0.15, -0.1) is 0 Å². The van der Waals surface area contributed by atoms with Gasteiger partial charge >= 0.3 is 0 Å². The molecule has 6 nitrogen and oxygen atoms in total. The molecule has 0 aliphatic rings. The fraction of sp³-hybridized carbons (Fsp3) is 0.143. The van der Waals surface area contributed by atoms with Crippen molar-refractivity contribution in [2.75, 3.05) is 0 Å². The van der Waals surface area contributed by atoms with Gasteiger partial charge in [-0.3, -0.25) is 10.1 Å². The number of non-ortho nitro benzene ring substituents is 1. The van der Waals surface area contributed by atoms with E-state index in [-0.39, 0.29) is 5.69 Å². The van der Waals surface area contributed by atoms with Crippen LogP contribution in [0.3, 0.4) is 0 Å². The number of hydrogen-bond donors (Lipinski definition) is 0. The fourth-order valence-corrected chi connectivity index (χ4v) is 3.98. The normalized spacial score (nSPS) is 10.9. The Labute approximate surface area is 198 Å². The Bertz CT molecular complexity index is 1350. The largest absolute Gasteiger partial charge is 0.324 e. The molecular formula is C28H24N4O2. The second kappa shape index (κ2) is 10.4. The highest BCUT2D eigenvalue weighted by atomic mass is 16.6. The number of hydrogen-bond acceptors (Lipinski definition) is 4. The minimum atomic E-state index is -0.428. The van der Waals surface area contributed by atoms with Crippen LogP contribution in [0.5, 0.6) is 0 Å².